The van der Waals surface area contributed by atoms with E-state index in [0.29, 0.717) is 25.9 Å². The summed E-state index contributed by atoms with van der Waals surface area (Å²) in [7, 11) is 0. The first-order chi connectivity index (χ1) is 11.4. The van der Waals surface area contributed by atoms with Gasteiger partial charge in [0.2, 0.25) is 11.8 Å². The Morgan fingerprint density at radius 1 is 1.24 bits per heavy atom. The summed E-state index contributed by atoms with van der Waals surface area (Å²) in [5, 5.41) is 5.27. The van der Waals surface area contributed by atoms with Crippen LogP contribution < -0.4 is 22.1 Å². The van der Waals surface area contributed by atoms with Crippen LogP contribution in [0.2, 0.25) is 0 Å². The van der Waals surface area contributed by atoms with Gasteiger partial charge < -0.3 is 31.6 Å². The molecule has 0 aromatic rings. The second-order valence-corrected chi connectivity index (χ2v) is 7.74. The molecule has 0 saturated carbocycles. The molecule has 0 rings (SSSR count). The number of hydrogen-bond acceptors (Lipinski definition) is 6. The molecule has 2 amide bonds. The van der Waals surface area contributed by atoms with E-state index in [1.165, 1.54) is 0 Å². The SMILES string of the molecule is CC(CC(=O)NC(C(=O)NCC=O)C(C)(C)CC(C)(C)N)OCCN. The van der Waals surface area contributed by atoms with Crippen LogP contribution in [0, 0.1) is 5.41 Å². The standard InChI is InChI=1S/C17H34N4O4/c1-12(25-9-6-18)10-13(23)21-14(15(24)20-7-8-22)16(2,3)11-17(4,5)19/h8,12,14H,6-7,9-11,18-19H2,1-5H3,(H,20,24)(H,21,23). The van der Waals surface area contributed by atoms with Gasteiger partial charge >= 0.3 is 0 Å². The highest BCUT2D eigenvalue weighted by Crippen LogP contribution is 2.30. The molecular formula is C17H34N4O4. The molecule has 0 aromatic heterocycles. The van der Waals surface area contributed by atoms with Gasteiger partial charge in [-0.1, -0.05) is 13.8 Å². The van der Waals surface area contributed by atoms with Crippen molar-refractivity contribution in [2.75, 3.05) is 19.7 Å². The average molecular weight is 358 g/mol. The van der Waals surface area contributed by atoms with Crippen molar-refractivity contribution in [3.05, 3.63) is 0 Å². The highest BCUT2D eigenvalue weighted by Gasteiger charge is 2.39. The summed E-state index contributed by atoms with van der Waals surface area (Å²) >= 11 is 0. The molecule has 0 spiro atoms. The topological polar surface area (TPSA) is 137 Å². The molecule has 0 radical (unpaired) electrons. The second kappa shape index (κ2) is 10.5. The first-order valence-electron chi connectivity index (χ1n) is 8.54. The summed E-state index contributed by atoms with van der Waals surface area (Å²) < 4.78 is 5.38. The first-order valence-corrected chi connectivity index (χ1v) is 8.54. The molecular weight excluding hydrogens is 324 g/mol. The molecule has 0 fully saturated rings. The minimum atomic E-state index is -0.815. The third-order valence-electron chi connectivity index (χ3n) is 3.61. The molecule has 0 bridgehead atoms. The quantitative estimate of drug-likeness (QED) is 0.353. The Kier molecular flexibility index (Phi) is 9.84. The molecule has 25 heavy (non-hydrogen) atoms. The Balaban J connectivity index is 5.09. The maximum Gasteiger partial charge on any atom is 0.243 e. The summed E-state index contributed by atoms with van der Waals surface area (Å²) in [6.07, 6.45) is 0.897. The van der Waals surface area contributed by atoms with Gasteiger partial charge in [0.05, 0.1) is 25.7 Å². The highest BCUT2D eigenvalue weighted by molar-refractivity contribution is 5.89. The van der Waals surface area contributed by atoms with Gasteiger partial charge in [0.1, 0.15) is 12.3 Å². The Bertz CT molecular complexity index is 446. The highest BCUT2D eigenvalue weighted by atomic mass is 16.5. The Morgan fingerprint density at radius 3 is 2.32 bits per heavy atom. The van der Waals surface area contributed by atoms with Crippen molar-refractivity contribution >= 4 is 18.1 Å². The average Bonchev–Trinajstić information content (AvgIpc) is 2.45. The molecule has 0 aliphatic heterocycles. The van der Waals surface area contributed by atoms with E-state index in [1.54, 1.807) is 6.92 Å². The number of hydrogen-bond donors (Lipinski definition) is 4. The van der Waals surface area contributed by atoms with Crippen LogP contribution >= 0.6 is 0 Å². The summed E-state index contributed by atoms with van der Waals surface area (Å²) in [4.78, 5) is 35.3. The van der Waals surface area contributed by atoms with Gasteiger partial charge in [-0.15, -0.1) is 0 Å². The minimum absolute atomic E-state index is 0.108. The summed E-state index contributed by atoms with van der Waals surface area (Å²) in [5.74, 6) is -0.719. The maximum atomic E-state index is 12.5. The van der Waals surface area contributed by atoms with Gasteiger partial charge in [-0.3, -0.25) is 9.59 Å². The lowest BCUT2D eigenvalue weighted by Crippen LogP contribution is -2.57. The van der Waals surface area contributed by atoms with E-state index in [9.17, 15) is 14.4 Å². The number of carbonyl (C=O) groups excluding carboxylic acids is 3. The van der Waals surface area contributed by atoms with E-state index in [2.05, 4.69) is 10.6 Å². The fourth-order valence-corrected chi connectivity index (χ4v) is 2.95. The number of aldehydes is 1. The largest absolute Gasteiger partial charge is 0.377 e. The molecule has 146 valence electrons. The van der Waals surface area contributed by atoms with E-state index < -0.39 is 22.9 Å². The number of rotatable bonds is 12. The fraction of sp³-hybridized carbons (Fsp3) is 0.824. The van der Waals surface area contributed by atoms with Crippen LogP contribution in [0.4, 0.5) is 0 Å². The van der Waals surface area contributed by atoms with Gasteiger partial charge in [0.15, 0.2) is 0 Å². The predicted octanol–water partition coefficient (Wildman–Crippen LogP) is -0.306. The number of amides is 2. The summed E-state index contributed by atoms with van der Waals surface area (Å²) in [6, 6.07) is -0.815. The van der Waals surface area contributed by atoms with Gasteiger partial charge in [-0.2, -0.15) is 0 Å². The third kappa shape index (κ3) is 10.2. The van der Waals surface area contributed by atoms with Crippen LogP contribution in [0.1, 0.15) is 47.5 Å². The number of nitrogens with two attached hydrogens (primary N) is 2. The van der Waals surface area contributed by atoms with Crippen LogP contribution in [0.3, 0.4) is 0 Å². The smallest absolute Gasteiger partial charge is 0.243 e. The summed E-state index contributed by atoms with van der Waals surface area (Å²) in [6.45, 7) is 9.85. The molecule has 0 heterocycles. The Morgan fingerprint density at radius 2 is 1.84 bits per heavy atom. The predicted molar refractivity (Wildman–Crippen MR) is 96.8 cm³/mol. The normalized spacial score (nSPS) is 14.5. The lowest BCUT2D eigenvalue weighted by molar-refractivity contribution is -0.133. The Hall–Kier alpha value is -1.51. The molecule has 0 aliphatic rings. The van der Waals surface area contributed by atoms with Crippen LogP contribution in [0.5, 0.6) is 0 Å². The molecule has 0 aliphatic carbocycles. The van der Waals surface area contributed by atoms with Gasteiger partial charge in [0, 0.05) is 12.1 Å². The minimum Gasteiger partial charge on any atom is -0.377 e. The second-order valence-electron chi connectivity index (χ2n) is 7.74. The molecule has 8 heteroatoms. The fourth-order valence-electron chi connectivity index (χ4n) is 2.95. The van der Waals surface area contributed by atoms with E-state index in [0.717, 1.165) is 0 Å². The molecule has 0 aromatic carbocycles. The maximum absolute atomic E-state index is 12.5. The third-order valence-corrected chi connectivity index (χ3v) is 3.61. The van der Waals surface area contributed by atoms with Crippen molar-refractivity contribution in [1.29, 1.82) is 0 Å². The molecule has 2 unspecified atom stereocenters. The van der Waals surface area contributed by atoms with Crippen molar-refractivity contribution < 1.29 is 19.1 Å². The van der Waals surface area contributed by atoms with Gasteiger partial charge in [0.25, 0.3) is 0 Å². The zero-order valence-corrected chi connectivity index (χ0v) is 16.1. The number of nitrogens with one attached hydrogen (secondary N) is 2. The monoisotopic (exact) mass is 358 g/mol. The van der Waals surface area contributed by atoms with Gasteiger partial charge in [-0.25, -0.2) is 0 Å². The van der Waals surface area contributed by atoms with Crippen molar-refractivity contribution in [2.24, 2.45) is 16.9 Å². The van der Waals surface area contributed by atoms with E-state index in [4.69, 9.17) is 16.2 Å². The summed E-state index contributed by atoms with van der Waals surface area (Å²) in [5.41, 5.74) is 10.3. The van der Waals surface area contributed by atoms with Crippen LogP contribution in [0.25, 0.3) is 0 Å². The Labute approximate surface area is 150 Å². The van der Waals surface area contributed by atoms with E-state index >= 15 is 0 Å². The van der Waals surface area contributed by atoms with Crippen molar-refractivity contribution in [1.82, 2.24) is 10.6 Å². The van der Waals surface area contributed by atoms with Crippen LogP contribution in [-0.2, 0) is 19.1 Å². The van der Waals surface area contributed by atoms with Crippen molar-refractivity contribution in [3.63, 3.8) is 0 Å². The number of carbonyl (C=O) groups is 3. The molecule has 0 saturated heterocycles. The first kappa shape index (κ1) is 23.5. The van der Waals surface area contributed by atoms with E-state index in [-0.39, 0.29) is 25.0 Å². The number of ether oxygens (including phenoxy) is 1. The van der Waals surface area contributed by atoms with Crippen molar-refractivity contribution in [3.8, 4) is 0 Å². The lowest BCUT2D eigenvalue weighted by Gasteiger charge is -2.38. The van der Waals surface area contributed by atoms with Crippen LogP contribution in [-0.4, -0.2) is 55.5 Å². The van der Waals surface area contributed by atoms with E-state index in [1.807, 2.05) is 27.7 Å². The molecule has 8 nitrogen and oxygen atoms in total. The van der Waals surface area contributed by atoms with Gasteiger partial charge in [-0.05, 0) is 32.6 Å². The van der Waals surface area contributed by atoms with Crippen molar-refractivity contribution in [2.45, 2.75) is 65.1 Å². The zero-order chi connectivity index (χ0) is 19.7. The lowest BCUT2D eigenvalue weighted by atomic mass is 9.74. The zero-order valence-electron chi connectivity index (χ0n) is 16.1. The molecule has 6 N–H and O–H groups in total. The molecule has 2 atom stereocenters. The van der Waals surface area contributed by atoms with Crippen LogP contribution in [0.15, 0.2) is 0 Å².